The van der Waals surface area contributed by atoms with Crippen LogP contribution in [0.25, 0.3) is 33.3 Å². The Labute approximate surface area is 227 Å². The normalized spacial score (nSPS) is 21.8. The zero-order valence-electron chi connectivity index (χ0n) is 21.5. The summed E-state index contributed by atoms with van der Waals surface area (Å²) in [6.45, 7) is 0. The number of nitrogens with zero attached hydrogens (tertiary/aromatic N) is 2. The van der Waals surface area contributed by atoms with Gasteiger partial charge >= 0.3 is 5.97 Å². The number of nitriles is 1. The Morgan fingerprint density at radius 3 is 2.48 bits per heavy atom. The number of halogens is 3. The predicted molar refractivity (Wildman–Crippen MR) is 142 cm³/mol. The first-order chi connectivity index (χ1) is 19.3. The van der Waals surface area contributed by atoms with Crippen LogP contribution >= 0.6 is 0 Å². The van der Waals surface area contributed by atoms with Gasteiger partial charge in [0.1, 0.15) is 23.5 Å². The summed E-state index contributed by atoms with van der Waals surface area (Å²) < 4.78 is 50.4. The topological polar surface area (TPSA) is 111 Å². The van der Waals surface area contributed by atoms with E-state index in [1.54, 1.807) is 24.3 Å². The summed E-state index contributed by atoms with van der Waals surface area (Å²) in [7, 11) is 1.49. The van der Waals surface area contributed by atoms with Gasteiger partial charge in [-0.2, -0.15) is 5.26 Å². The van der Waals surface area contributed by atoms with Gasteiger partial charge in [-0.05, 0) is 61.3 Å². The second-order valence-corrected chi connectivity index (χ2v) is 10.4. The lowest BCUT2D eigenvalue weighted by molar-refractivity contribution is -0.148. The summed E-state index contributed by atoms with van der Waals surface area (Å²) >= 11 is 0. The van der Waals surface area contributed by atoms with Gasteiger partial charge < -0.3 is 20.1 Å². The molecule has 2 atom stereocenters. The number of carboxylic acid groups (broad SMARTS) is 1. The lowest BCUT2D eigenvalue weighted by atomic mass is 9.61. The summed E-state index contributed by atoms with van der Waals surface area (Å²) in [4.78, 5) is 19.5. The number of methoxy groups -OCH3 is 1. The molecule has 204 valence electrons. The fraction of sp³-hybridized carbons (Fsp3) is 0.300. The zero-order chi connectivity index (χ0) is 28.1. The molecule has 4 aromatic rings. The molecule has 7 nitrogen and oxygen atoms in total. The second-order valence-electron chi connectivity index (χ2n) is 10.4. The number of H-pyrrole nitrogens is 1. The lowest BCUT2D eigenvalue weighted by Gasteiger charge is -2.47. The largest absolute Gasteiger partial charge is 0.497 e. The molecule has 7 rings (SSSR count). The first kappa shape index (κ1) is 25.7. The Kier molecular flexibility index (Phi) is 6.37. The second kappa shape index (κ2) is 9.90. The number of fused-ring (bicyclic) bond motifs is 4. The molecule has 0 amide bonds. The molecule has 2 heterocycles. The average molecular weight is 547 g/mol. The number of pyridine rings is 1. The highest BCUT2D eigenvalue weighted by Crippen LogP contribution is 2.47. The van der Waals surface area contributed by atoms with E-state index in [0.717, 1.165) is 37.8 Å². The third-order valence-corrected chi connectivity index (χ3v) is 8.40. The molecule has 40 heavy (non-hydrogen) atoms. The molecule has 3 fully saturated rings. The van der Waals surface area contributed by atoms with E-state index in [9.17, 15) is 23.9 Å². The quantitative estimate of drug-likeness (QED) is 0.255. The maximum absolute atomic E-state index is 16.4. The summed E-state index contributed by atoms with van der Waals surface area (Å²) in [6.07, 6.45) is 4.65. The smallest absolute Gasteiger partial charge is 0.308 e. The van der Waals surface area contributed by atoms with Crippen molar-refractivity contribution >= 4 is 22.7 Å². The molecule has 2 bridgehead atoms. The van der Waals surface area contributed by atoms with Crippen LogP contribution in [0.3, 0.4) is 0 Å². The Bertz CT molecular complexity index is 1670. The van der Waals surface area contributed by atoms with Crippen LogP contribution in [0.4, 0.5) is 19.0 Å². The van der Waals surface area contributed by atoms with E-state index in [1.165, 1.54) is 13.3 Å². The minimum atomic E-state index is -0.945. The lowest BCUT2D eigenvalue weighted by Crippen LogP contribution is -2.51. The maximum atomic E-state index is 16.4. The fourth-order valence-corrected chi connectivity index (χ4v) is 6.51. The van der Waals surface area contributed by atoms with Crippen molar-refractivity contribution in [2.75, 3.05) is 12.4 Å². The first-order valence-electron chi connectivity index (χ1n) is 13.0. The third kappa shape index (κ3) is 4.13. The number of ether oxygens (including phenoxy) is 1. The number of rotatable bonds is 6. The molecule has 10 heteroatoms. The van der Waals surface area contributed by atoms with Gasteiger partial charge in [-0.1, -0.05) is 12.1 Å². The van der Waals surface area contributed by atoms with E-state index in [0.29, 0.717) is 11.3 Å². The monoisotopic (exact) mass is 546 g/mol. The SMILES string of the molecule is COc1ccc(-c2c(F)c(N[C@H]3C4CCC(CC4)[C@@H]3C(=O)O)nc(-c3c[nH]c4c(F)cc(F)cc34)c2C#N)cc1. The van der Waals surface area contributed by atoms with E-state index in [4.69, 9.17) is 4.74 Å². The molecule has 0 unspecified atom stereocenters. The molecule has 0 radical (unpaired) electrons. The average Bonchev–Trinajstić information content (AvgIpc) is 3.38. The molecular weight excluding hydrogens is 521 g/mol. The van der Waals surface area contributed by atoms with Gasteiger partial charge in [0.15, 0.2) is 11.6 Å². The molecule has 2 aromatic heterocycles. The van der Waals surface area contributed by atoms with Crippen LogP contribution in [0, 0.1) is 46.5 Å². The molecule has 0 spiro atoms. The van der Waals surface area contributed by atoms with Gasteiger partial charge in [-0.3, -0.25) is 4.79 Å². The summed E-state index contributed by atoms with van der Waals surface area (Å²) in [5.41, 5.74) is 0.417. The summed E-state index contributed by atoms with van der Waals surface area (Å²) in [6, 6.07) is 9.80. The number of anilines is 1. The third-order valence-electron chi connectivity index (χ3n) is 8.40. The Morgan fingerprint density at radius 1 is 1.12 bits per heavy atom. The number of aliphatic carboxylic acids is 1. The van der Waals surface area contributed by atoms with Crippen LogP contribution in [0.1, 0.15) is 31.2 Å². The van der Waals surface area contributed by atoms with Crippen LogP contribution < -0.4 is 10.1 Å². The van der Waals surface area contributed by atoms with Gasteiger partial charge in [0.2, 0.25) is 0 Å². The maximum Gasteiger partial charge on any atom is 0.308 e. The van der Waals surface area contributed by atoms with E-state index >= 15 is 4.39 Å². The van der Waals surface area contributed by atoms with Crippen molar-refractivity contribution in [2.45, 2.75) is 31.7 Å². The van der Waals surface area contributed by atoms with Gasteiger partial charge in [-0.15, -0.1) is 0 Å². The molecular formula is C30H25F3N4O3. The van der Waals surface area contributed by atoms with Crippen molar-refractivity contribution in [3.05, 3.63) is 65.6 Å². The Morgan fingerprint density at radius 2 is 1.82 bits per heavy atom. The van der Waals surface area contributed by atoms with Crippen LogP contribution in [0.2, 0.25) is 0 Å². The van der Waals surface area contributed by atoms with Gasteiger partial charge in [0.05, 0.1) is 29.8 Å². The fourth-order valence-electron chi connectivity index (χ4n) is 6.51. The molecule has 3 aliphatic rings. The van der Waals surface area contributed by atoms with Crippen molar-refractivity contribution in [1.29, 1.82) is 5.26 Å². The number of aromatic nitrogens is 2. The van der Waals surface area contributed by atoms with Crippen LogP contribution in [0.15, 0.2) is 42.6 Å². The number of nitrogens with one attached hydrogen (secondary N) is 2. The first-order valence-corrected chi connectivity index (χ1v) is 13.0. The molecule has 0 saturated heterocycles. The molecule has 2 aromatic carbocycles. The number of aromatic amines is 1. The van der Waals surface area contributed by atoms with E-state index in [1.807, 2.05) is 6.07 Å². The standard InChI is InChI=1S/C30H25F3N4O3/c1-40-18-8-6-14(7-9-18)23-20(12-34)27(21-13-35-28-19(21)10-17(31)11-22(28)32)37-29(25(23)33)36-26-16-4-2-15(3-5-16)24(26)30(38)39/h6-11,13,15-16,24,26,35H,2-5H2,1H3,(H,36,37)(H,38,39)/t15?,16?,24-,26-/m0/s1. The number of benzene rings is 2. The van der Waals surface area contributed by atoms with Crippen molar-refractivity contribution in [3.8, 4) is 34.2 Å². The van der Waals surface area contributed by atoms with Crippen molar-refractivity contribution < 1.29 is 27.8 Å². The highest BCUT2D eigenvalue weighted by Gasteiger charge is 2.47. The predicted octanol–water partition coefficient (Wildman–Crippen LogP) is 6.50. The Hall–Kier alpha value is -4.52. The van der Waals surface area contributed by atoms with Gasteiger partial charge in [0, 0.05) is 34.8 Å². The molecule has 3 saturated carbocycles. The molecule has 3 N–H and O–H groups in total. The number of carboxylic acids is 1. The van der Waals surface area contributed by atoms with Crippen LogP contribution in [0.5, 0.6) is 5.75 Å². The zero-order valence-corrected chi connectivity index (χ0v) is 21.5. The number of carbonyl (C=O) groups is 1. The molecule has 3 aliphatic carbocycles. The van der Waals surface area contributed by atoms with Crippen molar-refractivity contribution in [1.82, 2.24) is 9.97 Å². The van der Waals surface area contributed by atoms with Crippen molar-refractivity contribution in [2.24, 2.45) is 17.8 Å². The molecule has 0 aliphatic heterocycles. The van der Waals surface area contributed by atoms with Gasteiger partial charge in [0.25, 0.3) is 0 Å². The number of hydrogen-bond acceptors (Lipinski definition) is 5. The van der Waals surface area contributed by atoms with Crippen LogP contribution in [-0.2, 0) is 4.79 Å². The van der Waals surface area contributed by atoms with Crippen LogP contribution in [-0.4, -0.2) is 34.2 Å². The van der Waals surface area contributed by atoms with Crippen molar-refractivity contribution in [3.63, 3.8) is 0 Å². The van der Waals surface area contributed by atoms with E-state index in [2.05, 4.69) is 15.3 Å². The highest BCUT2D eigenvalue weighted by atomic mass is 19.1. The van der Waals surface area contributed by atoms with E-state index in [-0.39, 0.29) is 50.9 Å². The minimum absolute atomic E-state index is 0.0151. The summed E-state index contributed by atoms with van der Waals surface area (Å²) in [5.74, 6) is -3.80. The highest BCUT2D eigenvalue weighted by molar-refractivity contribution is 5.98. The Balaban J connectivity index is 1.58. The van der Waals surface area contributed by atoms with E-state index < -0.39 is 35.4 Å². The number of hydrogen-bond donors (Lipinski definition) is 3. The minimum Gasteiger partial charge on any atom is -0.497 e. The van der Waals surface area contributed by atoms with Gasteiger partial charge in [-0.25, -0.2) is 18.2 Å². The summed E-state index contributed by atoms with van der Waals surface area (Å²) in [5, 5.41) is 23.5.